The molecule has 0 radical (unpaired) electrons. The third-order valence-electron chi connectivity index (χ3n) is 9.43. The molecule has 0 atom stereocenters. The van der Waals surface area contributed by atoms with Crippen LogP contribution in [0.15, 0.2) is 55.1 Å². The fraction of sp³-hybridized carbons (Fsp3) is 0.474. The number of hydrogen-bond donors (Lipinski definition) is 0. The minimum absolute atomic E-state index is 0.0615. The molecule has 3 aromatic rings. The molecule has 0 bridgehead atoms. The van der Waals surface area contributed by atoms with Crippen molar-refractivity contribution in [1.29, 1.82) is 0 Å². The molecule has 0 aromatic heterocycles. The average molecular weight is 679 g/mol. The smallest absolute Gasteiger partial charge is 0.429 e. The summed E-state index contributed by atoms with van der Waals surface area (Å²) in [4.78, 5) is 0. The first-order valence-electron chi connectivity index (χ1n) is 16.7. The van der Waals surface area contributed by atoms with Crippen LogP contribution in [0.1, 0.15) is 87.3 Å². The molecule has 1 saturated heterocycles. The van der Waals surface area contributed by atoms with Crippen molar-refractivity contribution in [1.82, 2.24) is 0 Å². The maximum absolute atomic E-state index is 15.2. The average Bonchev–Trinajstić information content (AvgIpc) is 3.04. The lowest BCUT2D eigenvalue weighted by molar-refractivity contribution is -0.229. The highest BCUT2D eigenvalue weighted by Gasteiger charge is 2.42. The highest BCUT2D eigenvalue weighted by Crippen LogP contribution is 2.42. The van der Waals surface area contributed by atoms with Crippen LogP contribution in [-0.2, 0) is 22.0 Å². The number of unbranched alkanes of at least 4 members (excludes halogenated alkanes) is 2. The van der Waals surface area contributed by atoms with Crippen molar-refractivity contribution in [2.24, 2.45) is 11.8 Å². The summed E-state index contributed by atoms with van der Waals surface area (Å²) in [7, 11) is 0. The van der Waals surface area contributed by atoms with Crippen molar-refractivity contribution in [2.75, 3.05) is 13.2 Å². The number of benzene rings is 3. The number of alkyl halides is 2. The fourth-order valence-corrected chi connectivity index (χ4v) is 6.75. The highest BCUT2D eigenvalue weighted by molar-refractivity contribution is 5.65. The second kappa shape index (κ2) is 15.9. The van der Waals surface area contributed by atoms with Gasteiger partial charge in [-0.05, 0) is 98.4 Å². The van der Waals surface area contributed by atoms with Crippen LogP contribution >= 0.6 is 0 Å². The first-order chi connectivity index (χ1) is 23.0. The van der Waals surface area contributed by atoms with Crippen molar-refractivity contribution < 1.29 is 44.9 Å². The normalized spacial score (nSPS) is 21.7. The summed E-state index contributed by atoms with van der Waals surface area (Å²) in [5.74, 6) is -6.29. The van der Waals surface area contributed by atoms with Gasteiger partial charge in [-0.2, -0.15) is 8.78 Å². The topological polar surface area (TPSA) is 27.7 Å². The summed E-state index contributed by atoms with van der Waals surface area (Å²) in [5.41, 5.74) is -1.94. The van der Waals surface area contributed by atoms with E-state index in [0.29, 0.717) is 57.3 Å². The Kier molecular flexibility index (Phi) is 11.9. The van der Waals surface area contributed by atoms with Crippen LogP contribution in [-0.4, -0.2) is 19.5 Å². The molecule has 260 valence electrons. The lowest BCUT2D eigenvalue weighted by Crippen LogP contribution is -2.38. The molecule has 0 spiro atoms. The molecule has 0 N–H and O–H groups in total. The Bertz CT molecular complexity index is 1510. The second-order valence-corrected chi connectivity index (χ2v) is 12.9. The van der Waals surface area contributed by atoms with E-state index in [-0.39, 0.29) is 46.8 Å². The van der Waals surface area contributed by atoms with E-state index in [1.54, 1.807) is 0 Å². The Hall–Kier alpha value is -3.37. The van der Waals surface area contributed by atoms with Crippen molar-refractivity contribution in [3.05, 3.63) is 101 Å². The van der Waals surface area contributed by atoms with Crippen molar-refractivity contribution in [3.63, 3.8) is 0 Å². The summed E-state index contributed by atoms with van der Waals surface area (Å²) in [6.45, 7) is 6.99. The summed E-state index contributed by atoms with van der Waals surface area (Å²) in [5, 5.41) is 0. The van der Waals surface area contributed by atoms with Crippen molar-refractivity contribution in [2.45, 2.75) is 89.4 Å². The summed E-state index contributed by atoms with van der Waals surface area (Å²) in [6, 6.07) is 6.19. The minimum atomic E-state index is -4.49. The van der Waals surface area contributed by atoms with Gasteiger partial charge in [0, 0.05) is 29.0 Å². The van der Waals surface area contributed by atoms with Crippen LogP contribution in [0.2, 0.25) is 0 Å². The van der Waals surface area contributed by atoms with Gasteiger partial charge in [0.15, 0.2) is 6.29 Å². The van der Waals surface area contributed by atoms with Crippen LogP contribution in [0.5, 0.6) is 5.75 Å². The number of ether oxygens (including phenoxy) is 3. The molecule has 48 heavy (non-hydrogen) atoms. The quantitative estimate of drug-likeness (QED) is 0.102. The second-order valence-electron chi connectivity index (χ2n) is 12.9. The van der Waals surface area contributed by atoms with E-state index in [1.165, 1.54) is 12.5 Å². The van der Waals surface area contributed by atoms with Crippen molar-refractivity contribution >= 4 is 0 Å². The summed E-state index contributed by atoms with van der Waals surface area (Å²) >= 11 is 0. The predicted octanol–water partition coefficient (Wildman–Crippen LogP) is 11.1. The van der Waals surface area contributed by atoms with Gasteiger partial charge in [0.05, 0.1) is 13.2 Å². The predicted molar refractivity (Wildman–Crippen MR) is 169 cm³/mol. The van der Waals surface area contributed by atoms with Gasteiger partial charge in [0.25, 0.3) is 0 Å². The van der Waals surface area contributed by atoms with E-state index >= 15 is 17.6 Å². The molecule has 1 aliphatic heterocycles. The largest absolute Gasteiger partial charge is 0.432 e. The van der Waals surface area contributed by atoms with Gasteiger partial charge in [-0.1, -0.05) is 32.3 Å². The molecule has 1 heterocycles. The van der Waals surface area contributed by atoms with Crippen LogP contribution in [0.4, 0.5) is 30.7 Å². The van der Waals surface area contributed by atoms with Gasteiger partial charge in [-0.15, -0.1) is 6.58 Å². The van der Waals surface area contributed by atoms with Gasteiger partial charge in [-0.3, -0.25) is 0 Å². The van der Waals surface area contributed by atoms with Gasteiger partial charge in [-0.25, -0.2) is 22.0 Å². The molecule has 10 heteroatoms. The van der Waals surface area contributed by atoms with Crippen LogP contribution in [0, 0.1) is 40.9 Å². The molecule has 5 rings (SSSR count). The number of halogens is 7. The minimum Gasteiger partial charge on any atom is -0.429 e. The molecular formula is C38H41F7O3. The Morgan fingerprint density at radius 1 is 0.833 bits per heavy atom. The molecular weight excluding hydrogens is 637 g/mol. The lowest BCUT2D eigenvalue weighted by atomic mass is 9.78. The molecule has 2 aliphatic rings. The number of allylic oxidation sites excluding steroid dienone is 1. The molecule has 1 aliphatic carbocycles. The maximum atomic E-state index is 15.2. The Morgan fingerprint density at radius 2 is 1.48 bits per heavy atom. The summed E-state index contributed by atoms with van der Waals surface area (Å²) in [6.07, 6.45) is 4.27. The van der Waals surface area contributed by atoms with Gasteiger partial charge in [0.1, 0.15) is 40.4 Å². The Labute approximate surface area is 277 Å². The third kappa shape index (κ3) is 8.43. The SMILES string of the molecule is C=CCCc1c(F)cc(-c2ccc(OC(F)(F)c3c(F)cc(C4CCC(C5OCC(CCCCC)CO5)CC4)cc3F)cc2F)cc1F. The van der Waals surface area contributed by atoms with E-state index in [9.17, 15) is 13.2 Å². The highest BCUT2D eigenvalue weighted by atomic mass is 19.3. The van der Waals surface area contributed by atoms with Crippen LogP contribution in [0.25, 0.3) is 11.1 Å². The lowest BCUT2D eigenvalue weighted by Gasteiger charge is -2.37. The van der Waals surface area contributed by atoms with E-state index in [0.717, 1.165) is 55.7 Å². The standard InChI is InChI=1S/C38H41F7O3/c1-3-5-7-8-23-21-46-37(47-22-23)25-12-10-24(11-13-25)26-16-34(42)36(35(43)17-26)38(44,45)48-28-14-15-29(33(41)20-28)27-18-31(39)30(9-6-4-2)32(40)19-27/h4,14-20,23-25,37H,2-3,5-13,21-22H2,1H3. The number of rotatable bonds is 13. The van der Waals surface area contributed by atoms with Gasteiger partial charge in [0.2, 0.25) is 0 Å². The van der Waals surface area contributed by atoms with E-state index in [2.05, 4.69) is 18.2 Å². The molecule has 3 nitrogen and oxygen atoms in total. The third-order valence-corrected chi connectivity index (χ3v) is 9.43. The van der Waals surface area contributed by atoms with E-state index in [4.69, 9.17) is 9.47 Å². The molecule has 2 fully saturated rings. The number of hydrogen-bond acceptors (Lipinski definition) is 3. The first kappa shape index (κ1) is 35.9. The Morgan fingerprint density at radius 3 is 2.06 bits per heavy atom. The van der Waals surface area contributed by atoms with Gasteiger partial charge < -0.3 is 14.2 Å². The zero-order valence-corrected chi connectivity index (χ0v) is 27.0. The van der Waals surface area contributed by atoms with Crippen LogP contribution < -0.4 is 4.74 Å². The maximum Gasteiger partial charge on any atom is 0.432 e. The van der Waals surface area contributed by atoms with E-state index < -0.39 is 46.5 Å². The van der Waals surface area contributed by atoms with Gasteiger partial charge >= 0.3 is 6.11 Å². The first-order valence-corrected chi connectivity index (χ1v) is 16.7. The van der Waals surface area contributed by atoms with Crippen molar-refractivity contribution in [3.8, 4) is 16.9 Å². The molecule has 3 aromatic carbocycles. The Balaban J connectivity index is 1.21. The summed E-state index contributed by atoms with van der Waals surface area (Å²) < 4.78 is 121. The fourth-order valence-electron chi connectivity index (χ4n) is 6.75. The zero-order chi connectivity index (χ0) is 34.4. The zero-order valence-electron chi connectivity index (χ0n) is 27.0. The molecule has 0 unspecified atom stereocenters. The monoisotopic (exact) mass is 678 g/mol. The van der Waals surface area contributed by atoms with E-state index in [1.807, 2.05) is 0 Å². The molecule has 1 saturated carbocycles. The van der Waals surface area contributed by atoms with Crippen LogP contribution in [0.3, 0.4) is 0 Å². The molecule has 0 amide bonds.